The average molecular weight is 479 g/mol. The molecule has 0 unspecified atom stereocenters. The summed E-state index contributed by atoms with van der Waals surface area (Å²) in [6.07, 6.45) is -3.16. The Bertz CT molecular complexity index is 1040. The first-order chi connectivity index (χ1) is 16.0. The van der Waals surface area contributed by atoms with Crippen molar-refractivity contribution >= 4 is 17.5 Å². The molecule has 0 aliphatic carbocycles. The number of amides is 2. The molecule has 1 heterocycles. The molecule has 7 nitrogen and oxygen atoms in total. The minimum Gasteiger partial charge on any atom is -0.488 e. The number of carbonyl (C=O) groups excluding carboxylic acids is 2. The molecule has 1 aliphatic rings. The van der Waals surface area contributed by atoms with Crippen molar-refractivity contribution in [1.29, 1.82) is 0 Å². The first-order valence-electron chi connectivity index (χ1n) is 10.9. The number of hydrogen-bond donors (Lipinski definition) is 2. The van der Waals surface area contributed by atoms with Crippen LogP contribution in [0, 0.1) is 0 Å². The maximum absolute atomic E-state index is 12.4. The number of alkyl halides is 3. The van der Waals surface area contributed by atoms with Gasteiger partial charge in [-0.15, -0.1) is 0 Å². The number of carbonyl (C=O) groups is 2. The third-order valence-electron chi connectivity index (χ3n) is 5.40. The lowest BCUT2D eigenvalue weighted by Crippen LogP contribution is -2.32. The quantitative estimate of drug-likeness (QED) is 0.511. The number of benzene rings is 2. The summed E-state index contributed by atoms with van der Waals surface area (Å²) in [5.41, 5.74) is 8.36. The molecule has 0 saturated heterocycles. The predicted octanol–water partition coefficient (Wildman–Crippen LogP) is 3.24. The first kappa shape index (κ1) is 25.4. The Morgan fingerprint density at radius 3 is 2.47 bits per heavy atom. The molecule has 0 fully saturated rings. The number of nitrogens with zero attached hydrogens (tertiary/aromatic N) is 1. The van der Waals surface area contributed by atoms with Crippen LogP contribution in [-0.2, 0) is 17.6 Å². The van der Waals surface area contributed by atoms with Gasteiger partial charge in [-0.3, -0.25) is 9.59 Å². The summed E-state index contributed by atoms with van der Waals surface area (Å²) in [5.74, 6) is -0.438. The third kappa shape index (κ3) is 6.63. The number of halogens is 3. The van der Waals surface area contributed by atoms with Crippen molar-refractivity contribution in [1.82, 2.24) is 5.32 Å². The molecule has 2 amide bonds. The van der Waals surface area contributed by atoms with Crippen molar-refractivity contribution in [3.8, 4) is 11.5 Å². The molecule has 3 N–H and O–H groups in total. The molecule has 1 aliphatic heterocycles. The summed E-state index contributed by atoms with van der Waals surface area (Å²) in [7, 11) is 0. The van der Waals surface area contributed by atoms with E-state index >= 15 is 0 Å². The van der Waals surface area contributed by atoms with E-state index in [4.69, 9.17) is 15.2 Å². The average Bonchev–Trinajstić information content (AvgIpc) is 3.19. The van der Waals surface area contributed by atoms with E-state index in [0.29, 0.717) is 37.2 Å². The molecule has 0 bridgehead atoms. The van der Waals surface area contributed by atoms with E-state index in [1.807, 2.05) is 13.0 Å². The van der Waals surface area contributed by atoms with Crippen molar-refractivity contribution in [3.05, 3.63) is 53.1 Å². The zero-order valence-electron chi connectivity index (χ0n) is 19.1. The topological polar surface area (TPSA) is 93.9 Å². The minimum atomic E-state index is -4.43. The number of primary amides is 1. The molecular weight excluding hydrogens is 451 g/mol. The van der Waals surface area contributed by atoms with Gasteiger partial charge in [-0.25, -0.2) is 0 Å². The number of anilines is 1. The Morgan fingerprint density at radius 2 is 1.85 bits per heavy atom. The van der Waals surface area contributed by atoms with Gasteiger partial charge in [0.1, 0.15) is 6.61 Å². The summed E-state index contributed by atoms with van der Waals surface area (Å²) < 4.78 is 47.7. The highest BCUT2D eigenvalue weighted by Gasteiger charge is 2.29. The molecule has 0 radical (unpaired) electrons. The van der Waals surface area contributed by atoms with E-state index in [0.717, 1.165) is 11.1 Å². The third-order valence-corrected chi connectivity index (χ3v) is 5.40. The molecule has 34 heavy (non-hydrogen) atoms. The van der Waals surface area contributed by atoms with E-state index < -0.39 is 18.7 Å². The van der Waals surface area contributed by atoms with Crippen LogP contribution < -0.4 is 25.4 Å². The van der Waals surface area contributed by atoms with Crippen LogP contribution in [0.15, 0.2) is 36.4 Å². The SMILES string of the molecule is CC(=O)N1CCc2cc(C[C@@H](C)NCCOc3ccccc3OCC(F)(F)F)cc(C(N)=O)c21. The Hall–Kier alpha value is -3.27. The fourth-order valence-corrected chi connectivity index (χ4v) is 3.97. The molecular formula is C24H28F3N3O4. The maximum Gasteiger partial charge on any atom is 0.422 e. The highest BCUT2D eigenvalue weighted by Crippen LogP contribution is 2.33. The normalized spacial score (nSPS) is 14.0. The van der Waals surface area contributed by atoms with Crippen LogP contribution in [-0.4, -0.2) is 50.3 Å². The zero-order valence-corrected chi connectivity index (χ0v) is 19.1. The van der Waals surface area contributed by atoms with Crippen LogP contribution in [0.3, 0.4) is 0 Å². The van der Waals surface area contributed by atoms with Crippen molar-refractivity contribution in [2.75, 3.05) is 31.2 Å². The van der Waals surface area contributed by atoms with E-state index in [-0.39, 0.29) is 30.1 Å². The van der Waals surface area contributed by atoms with Gasteiger partial charge >= 0.3 is 6.18 Å². The van der Waals surface area contributed by atoms with Crippen molar-refractivity contribution in [2.45, 2.75) is 38.9 Å². The van der Waals surface area contributed by atoms with Gasteiger partial charge in [-0.05, 0) is 49.1 Å². The lowest BCUT2D eigenvalue weighted by atomic mass is 9.98. The van der Waals surface area contributed by atoms with Crippen LogP contribution in [0.4, 0.5) is 18.9 Å². The molecule has 10 heteroatoms. The highest BCUT2D eigenvalue weighted by atomic mass is 19.4. The molecule has 184 valence electrons. The molecule has 2 aromatic rings. The second-order valence-electron chi connectivity index (χ2n) is 8.19. The second-order valence-corrected chi connectivity index (χ2v) is 8.19. The summed E-state index contributed by atoms with van der Waals surface area (Å²) in [5, 5.41) is 3.29. The number of nitrogens with one attached hydrogen (secondary N) is 1. The van der Waals surface area contributed by atoms with Gasteiger partial charge in [0.05, 0.1) is 11.3 Å². The van der Waals surface area contributed by atoms with Crippen molar-refractivity contribution in [3.63, 3.8) is 0 Å². The lowest BCUT2D eigenvalue weighted by molar-refractivity contribution is -0.153. The number of rotatable bonds is 10. The van der Waals surface area contributed by atoms with Gasteiger partial charge in [0.2, 0.25) is 5.91 Å². The van der Waals surface area contributed by atoms with Crippen LogP contribution in [0.2, 0.25) is 0 Å². The molecule has 1 atom stereocenters. The Kier molecular flexibility index (Phi) is 8.03. The summed E-state index contributed by atoms with van der Waals surface area (Å²) in [4.78, 5) is 25.5. The van der Waals surface area contributed by atoms with Gasteiger partial charge < -0.3 is 25.4 Å². The standard InChI is InChI=1S/C24H28F3N3O4/c1-15(29-8-10-33-20-5-3-4-6-21(20)34-14-24(25,26)27)11-17-12-18-7-9-30(16(2)31)22(18)19(13-17)23(28)32/h3-6,12-13,15,29H,7-11,14H2,1-2H3,(H2,28,32)/t15-/m1/s1. The van der Waals surface area contributed by atoms with Crippen LogP contribution in [0.25, 0.3) is 0 Å². The number of hydrogen-bond acceptors (Lipinski definition) is 5. The fourth-order valence-electron chi connectivity index (χ4n) is 3.97. The maximum atomic E-state index is 12.4. The molecule has 0 saturated carbocycles. The monoisotopic (exact) mass is 479 g/mol. The van der Waals surface area contributed by atoms with Gasteiger partial charge in [0.15, 0.2) is 18.1 Å². The van der Waals surface area contributed by atoms with Crippen LogP contribution >= 0.6 is 0 Å². The second kappa shape index (κ2) is 10.8. The Labute approximate surface area is 196 Å². The number of para-hydroxylation sites is 2. The van der Waals surface area contributed by atoms with Crippen LogP contribution in [0.5, 0.6) is 11.5 Å². The first-order valence-corrected chi connectivity index (χ1v) is 10.9. The Balaban J connectivity index is 1.55. The minimum absolute atomic E-state index is 0.0180. The van der Waals surface area contributed by atoms with E-state index in [1.54, 1.807) is 29.2 Å². The highest BCUT2D eigenvalue weighted by molar-refractivity contribution is 6.05. The molecule has 0 spiro atoms. The van der Waals surface area contributed by atoms with Crippen LogP contribution in [0.1, 0.15) is 35.3 Å². The van der Waals surface area contributed by atoms with Crippen molar-refractivity contribution < 1.29 is 32.2 Å². The van der Waals surface area contributed by atoms with Gasteiger partial charge in [0.25, 0.3) is 5.91 Å². The van der Waals surface area contributed by atoms with Crippen molar-refractivity contribution in [2.24, 2.45) is 5.73 Å². The summed E-state index contributed by atoms with van der Waals surface area (Å²) >= 11 is 0. The van der Waals surface area contributed by atoms with E-state index in [1.165, 1.54) is 13.0 Å². The van der Waals surface area contributed by atoms with E-state index in [2.05, 4.69) is 5.32 Å². The summed E-state index contributed by atoms with van der Waals surface area (Å²) in [6, 6.07) is 9.95. The number of nitrogens with two attached hydrogens (primary N) is 1. The van der Waals surface area contributed by atoms with Gasteiger partial charge in [-0.1, -0.05) is 18.2 Å². The molecule has 3 rings (SSSR count). The lowest BCUT2D eigenvalue weighted by Gasteiger charge is -2.20. The zero-order chi connectivity index (χ0) is 24.9. The largest absolute Gasteiger partial charge is 0.488 e. The molecule has 0 aromatic heterocycles. The number of ether oxygens (including phenoxy) is 2. The van der Waals surface area contributed by atoms with Gasteiger partial charge in [-0.2, -0.15) is 13.2 Å². The molecule has 2 aromatic carbocycles. The number of fused-ring (bicyclic) bond motifs is 1. The summed E-state index contributed by atoms with van der Waals surface area (Å²) in [6.45, 7) is 3.23. The fraction of sp³-hybridized carbons (Fsp3) is 0.417. The Morgan fingerprint density at radius 1 is 1.18 bits per heavy atom. The van der Waals surface area contributed by atoms with Gasteiger partial charge in [0, 0.05) is 26.1 Å². The van der Waals surface area contributed by atoms with E-state index in [9.17, 15) is 22.8 Å². The smallest absolute Gasteiger partial charge is 0.422 e. The predicted molar refractivity (Wildman–Crippen MR) is 121 cm³/mol.